The summed E-state index contributed by atoms with van der Waals surface area (Å²) in [5.74, 6) is 0.759. The Balaban J connectivity index is 2.30. The molecule has 0 saturated heterocycles. The van der Waals surface area contributed by atoms with E-state index in [1.165, 1.54) is 38.5 Å². The average molecular weight is 343 g/mol. The first-order valence-corrected chi connectivity index (χ1v) is 8.49. The largest absolute Gasteiger partial charge is 0.496 e. The van der Waals surface area contributed by atoms with E-state index in [1.807, 2.05) is 18.2 Å². The fourth-order valence-corrected chi connectivity index (χ4v) is 2.75. The van der Waals surface area contributed by atoms with E-state index in [2.05, 4.69) is 22.9 Å². The van der Waals surface area contributed by atoms with E-state index in [0.717, 1.165) is 28.6 Å². The number of methoxy groups -OCH3 is 1. The highest BCUT2D eigenvalue weighted by molar-refractivity contribution is 9.10. The molecular formula is C17H27BrO2. The molecule has 20 heavy (non-hydrogen) atoms. The van der Waals surface area contributed by atoms with Crippen LogP contribution in [0, 0.1) is 0 Å². The zero-order valence-electron chi connectivity index (χ0n) is 12.7. The van der Waals surface area contributed by atoms with Crippen LogP contribution in [-0.2, 0) is 0 Å². The topological polar surface area (TPSA) is 29.5 Å². The standard InChI is InChI=1S/C17H27BrO2/c1-3-4-5-6-7-8-9-10-16(19)15-12-11-14(18)13-17(15)20-2/h11-13,16,19H,3-10H2,1-2H3. The Kier molecular flexibility index (Phi) is 8.95. The van der Waals surface area contributed by atoms with Crippen molar-refractivity contribution in [2.75, 3.05) is 7.11 Å². The Bertz CT molecular complexity index is 379. The Hall–Kier alpha value is -0.540. The van der Waals surface area contributed by atoms with Gasteiger partial charge in [-0.15, -0.1) is 0 Å². The van der Waals surface area contributed by atoms with Crippen molar-refractivity contribution in [3.8, 4) is 5.75 Å². The van der Waals surface area contributed by atoms with E-state index in [-0.39, 0.29) is 0 Å². The monoisotopic (exact) mass is 342 g/mol. The van der Waals surface area contributed by atoms with Gasteiger partial charge in [-0.25, -0.2) is 0 Å². The molecule has 3 heteroatoms. The third-order valence-corrected chi connectivity index (χ3v) is 4.13. The number of rotatable bonds is 10. The molecule has 114 valence electrons. The second kappa shape index (κ2) is 10.2. The first-order valence-electron chi connectivity index (χ1n) is 7.70. The van der Waals surface area contributed by atoms with Crippen LogP contribution in [0.5, 0.6) is 5.75 Å². The molecule has 0 aliphatic carbocycles. The van der Waals surface area contributed by atoms with Crippen LogP contribution in [-0.4, -0.2) is 12.2 Å². The van der Waals surface area contributed by atoms with Crippen LogP contribution in [0.2, 0.25) is 0 Å². The molecular weight excluding hydrogens is 316 g/mol. The molecule has 0 aliphatic heterocycles. The summed E-state index contributed by atoms with van der Waals surface area (Å²) in [5, 5.41) is 10.3. The molecule has 0 heterocycles. The van der Waals surface area contributed by atoms with Crippen LogP contribution < -0.4 is 4.74 Å². The number of hydrogen-bond acceptors (Lipinski definition) is 2. The summed E-state index contributed by atoms with van der Waals surface area (Å²) >= 11 is 3.42. The molecule has 0 saturated carbocycles. The van der Waals surface area contributed by atoms with Gasteiger partial charge in [-0.3, -0.25) is 0 Å². The van der Waals surface area contributed by atoms with Gasteiger partial charge in [-0.1, -0.05) is 73.9 Å². The Labute approximate surface area is 131 Å². The Morgan fingerprint density at radius 2 is 1.75 bits per heavy atom. The molecule has 0 fully saturated rings. The molecule has 1 rings (SSSR count). The van der Waals surface area contributed by atoms with Crippen molar-refractivity contribution in [1.82, 2.24) is 0 Å². The highest BCUT2D eigenvalue weighted by atomic mass is 79.9. The third-order valence-electron chi connectivity index (χ3n) is 3.64. The number of aliphatic hydroxyl groups is 1. The lowest BCUT2D eigenvalue weighted by Crippen LogP contribution is -2.00. The SMILES string of the molecule is CCCCCCCCCC(O)c1ccc(Br)cc1OC. The second-order valence-corrected chi connectivity index (χ2v) is 6.23. The van der Waals surface area contributed by atoms with Gasteiger partial charge in [0.15, 0.2) is 0 Å². The number of unbranched alkanes of at least 4 members (excludes halogenated alkanes) is 6. The zero-order valence-corrected chi connectivity index (χ0v) is 14.3. The summed E-state index contributed by atoms with van der Waals surface area (Å²) in [6, 6.07) is 5.80. The highest BCUT2D eigenvalue weighted by Crippen LogP contribution is 2.31. The van der Waals surface area contributed by atoms with Crippen molar-refractivity contribution in [3.63, 3.8) is 0 Å². The lowest BCUT2D eigenvalue weighted by molar-refractivity contribution is 0.159. The predicted molar refractivity (Wildman–Crippen MR) is 88.3 cm³/mol. The normalized spacial score (nSPS) is 12.4. The zero-order chi connectivity index (χ0) is 14.8. The maximum atomic E-state index is 10.3. The minimum absolute atomic E-state index is 0.423. The van der Waals surface area contributed by atoms with E-state index in [0.29, 0.717) is 0 Å². The Morgan fingerprint density at radius 3 is 2.40 bits per heavy atom. The van der Waals surface area contributed by atoms with Crippen LogP contribution in [0.15, 0.2) is 22.7 Å². The number of aliphatic hydroxyl groups excluding tert-OH is 1. The van der Waals surface area contributed by atoms with Gasteiger partial charge in [-0.2, -0.15) is 0 Å². The van der Waals surface area contributed by atoms with Crippen LogP contribution in [0.1, 0.15) is 70.0 Å². The summed E-state index contributed by atoms with van der Waals surface area (Å²) in [6.45, 7) is 2.24. The molecule has 0 aliphatic rings. The first-order chi connectivity index (χ1) is 9.69. The van der Waals surface area contributed by atoms with Crippen molar-refractivity contribution in [2.45, 2.75) is 64.4 Å². The van der Waals surface area contributed by atoms with Crippen LogP contribution in [0.3, 0.4) is 0 Å². The van der Waals surface area contributed by atoms with Crippen molar-refractivity contribution < 1.29 is 9.84 Å². The van der Waals surface area contributed by atoms with E-state index >= 15 is 0 Å². The predicted octanol–water partition coefficient (Wildman–Crippen LogP) is 5.63. The fraction of sp³-hybridized carbons (Fsp3) is 0.647. The third kappa shape index (κ3) is 6.27. The quantitative estimate of drug-likeness (QED) is 0.558. The van der Waals surface area contributed by atoms with Crippen molar-refractivity contribution in [1.29, 1.82) is 0 Å². The fourth-order valence-electron chi connectivity index (χ4n) is 2.41. The van der Waals surface area contributed by atoms with E-state index in [4.69, 9.17) is 4.74 Å². The Morgan fingerprint density at radius 1 is 1.10 bits per heavy atom. The molecule has 0 bridgehead atoms. The lowest BCUT2D eigenvalue weighted by Gasteiger charge is -2.15. The number of ether oxygens (including phenoxy) is 1. The number of benzene rings is 1. The molecule has 1 aromatic carbocycles. The molecule has 2 nitrogen and oxygen atoms in total. The molecule has 1 atom stereocenters. The highest BCUT2D eigenvalue weighted by Gasteiger charge is 2.13. The summed E-state index contributed by atoms with van der Waals surface area (Å²) in [6.07, 6.45) is 9.27. The lowest BCUT2D eigenvalue weighted by atomic mass is 10.0. The maximum absolute atomic E-state index is 10.3. The van der Waals surface area contributed by atoms with Gasteiger partial charge in [0.05, 0.1) is 13.2 Å². The summed E-state index contributed by atoms with van der Waals surface area (Å²) in [4.78, 5) is 0. The van der Waals surface area contributed by atoms with Crippen molar-refractivity contribution in [2.24, 2.45) is 0 Å². The molecule has 0 amide bonds. The average Bonchev–Trinajstić information content (AvgIpc) is 2.45. The van der Waals surface area contributed by atoms with Gasteiger partial charge in [-0.05, 0) is 18.6 Å². The second-order valence-electron chi connectivity index (χ2n) is 5.31. The van der Waals surface area contributed by atoms with Gasteiger partial charge in [0.25, 0.3) is 0 Å². The van der Waals surface area contributed by atoms with Crippen molar-refractivity contribution in [3.05, 3.63) is 28.2 Å². The molecule has 0 spiro atoms. The summed E-state index contributed by atoms with van der Waals surface area (Å²) in [7, 11) is 1.64. The summed E-state index contributed by atoms with van der Waals surface area (Å²) in [5.41, 5.74) is 0.890. The summed E-state index contributed by atoms with van der Waals surface area (Å²) < 4.78 is 6.30. The van der Waals surface area contributed by atoms with Gasteiger partial charge in [0.1, 0.15) is 5.75 Å². The smallest absolute Gasteiger partial charge is 0.125 e. The van der Waals surface area contributed by atoms with E-state index in [1.54, 1.807) is 7.11 Å². The molecule has 0 aromatic heterocycles. The molecule has 1 N–H and O–H groups in total. The van der Waals surface area contributed by atoms with Crippen LogP contribution in [0.25, 0.3) is 0 Å². The van der Waals surface area contributed by atoms with Crippen molar-refractivity contribution >= 4 is 15.9 Å². The van der Waals surface area contributed by atoms with Gasteiger partial charge in [0, 0.05) is 10.0 Å². The maximum Gasteiger partial charge on any atom is 0.125 e. The van der Waals surface area contributed by atoms with Gasteiger partial charge < -0.3 is 9.84 Å². The minimum Gasteiger partial charge on any atom is -0.496 e. The first kappa shape index (κ1) is 17.5. The van der Waals surface area contributed by atoms with E-state index in [9.17, 15) is 5.11 Å². The van der Waals surface area contributed by atoms with Crippen LogP contribution >= 0.6 is 15.9 Å². The molecule has 1 aromatic rings. The number of hydrogen-bond donors (Lipinski definition) is 1. The van der Waals surface area contributed by atoms with E-state index < -0.39 is 6.10 Å². The molecule has 0 radical (unpaired) electrons. The minimum atomic E-state index is -0.423. The van der Waals surface area contributed by atoms with Gasteiger partial charge in [0.2, 0.25) is 0 Å². The molecule has 1 unspecified atom stereocenters. The van der Waals surface area contributed by atoms with Crippen LogP contribution in [0.4, 0.5) is 0 Å². The number of halogens is 1. The van der Waals surface area contributed by atoms with Gasteiger partial charge >= 0.3 is 0 Å².